The van der Waals surface area contributed by atoms with Crippen molar-refractivity contribution in [3.63, 3.8) is 0 Å². The molecule has 0 radical (unpaired) electrons. The molecular formula is C19H23NO5. The molecule has 25 heavy (non-hydrogen) atoms. The Labute approximate surface area is 146 Å². The van der Waals surface area contributed by atoms with E-state index >= 15 is 0 Å². The first kappa shape index (κ1) is 17.4. The van der Waals surface area contributed by atoms with Gasteiger partial charge in [-0.3, -0.25) is 4.79 Å². The molecule has 0 saturated heterocycles. The normalized spacial score (nSPS) is 16.0. The predicted molar refractivity (Wildman–Crippen MR) is 91.6 cm³/mol. The quantitative estimate of drug-likeness (QED) is 0.806. The highest BCUT2D eigenvalue weighted by Crippen LogP contribution is 2.41. The molecule has 0 bridgehead atoms. The Morgan fingerprint density at radius 3 is 2.96 bits per heavy atom. The first-order valence-corrected chi connectivity index (χ1v) is 8.36. The summed E-state index contributed by atoms with van der Waals surface area (Å²) >= 11 is 0. The minimum atomic E-state index is -0.732. The first-order chi connectivity index (χ1) is 11.9. The van der Waals surface area contributed by atoms with Crippen molar-refractivity contribution < 1.29 is 23.8 Å². The molecule has 6 heteroatoms. The Balaban J connectivity index is 1.45. The molecular weight excluding hydrogens is 322 g/mol. The van der Waals surface area contributed by atoms with Crippen molar-refractivity contribution in [1.82, 2.24) is 5.32 Å². The fourth-order valence-corrected chi connectivity index (χ4v) is 2.87. The molecule has 2 aromatic rings. The first-order valence-electron chi connectivity index (χ1n) is 8.36. The van der Waals surface area contributed by atoms with Gasteiger partial charge in [-0.2, -0.15) is 0 Å². The SMILES string of the molecule is CC1(C)Cc2cccc(OCC(=O)NCC[C@@H](O)c3ccco3)c2O1. The molecule has 0 saturated carbocycles. The van der Waals surface area contributed by atoms with Gasteiger partial charge in [0.25, 0.3) is 5.91 Å². The van der Waals surface area contributed by atoms with Gasteiger partial charge in [0.05, 0.1) is 6.26 Å². The lowest BCUT2D eigenvalue weighted by Gasteiger charge is -2.18. The highest BCUT2D eigenvalue weighted by molar-refractivity contribution is 5.77. The fourth-order valence-electron chi connectivity index (χ4n) is 2.87. The van der Waals surface area contributed by atoms with Gasteiger partial charge in [-0.05, 0) is 38.5 Å². The number of hydrogen-bond acceptors (Lipinski definition) is 5. The number of nitrogens with one attached hydrogen (secondary N) is 1. The maximum absolute atomic E-state index is 11.9. The van der Waals surface area contributed by atoms with Crippen LogP contribution in [0.3, 0.4) is 0 Å². The van der Waals surface area contributed by atoms with E-state index in [9.17, 15) is 9.90 Å². The van der Waals surface area contributed by atoms with E-state index in [0.29, 0.717) is 30.2 Å². The smallest absolute Gasteiger partial charge is 0.257 e. The third kappa shape index (κ3) is 4.33. The summed E-state index contributed by atoms with van der Waals surface area (Å²) in [7, 11) is 0. The third-order valence-electron chi connectivity index (χ3n) is 4.03. The highest BCUT2D eigenvalue weighted by Gasteiger charge is 2.32. The summed E-state index contributed by atoms with van der Waals surface area (Å²) in [5.74, 6) is 1.54. The van der Waals surface area contributed by atoms with Gasteiger partial charge >= 0.3 is 0 Å². The van der Waals surface area contributed by atoms with Crippen LogP contribution in [0.5, 0.6) is 11.5 Å². The molecule has 3 rings (SSSR count). The molecule has 2 N–H and O–H groups in total. The number of carbonyl (C=O) groups is 1. The van der Waals surface area contributed by atoms with E-state index in [0.717, 1.165) is 12.0 Å². The zero-order valence-corrected chi connectivity index (χ0v) is 14.5. The van der Waals surface area contributed by atoms with Crippen molar-refractivity contribution >= 4 is 5.91 Å². The highest BCUT2D eigenvalue weighted by atomic mass is 16.5. The van der Waals surface area contributed by atoms with Crippen molar-refractivity contribution in [2.24, 2.45) is 0 Å². The van der Waals surface area contributed by atoms with Gasteiger partial charge in [0, 0.05) is 18.5 Å². The summed E-state index contributed by atoms with van der Waals surface area (Å²) in [5, 5.41) is 12.6. The standard InChI is InChI=1S/C19H23NO5/c1-19(2)11-13-5-3-6-16(18(13)25-19)24-12-17(22)20-9-8-14(21)15-7-4-10-23-15/h3-7,10,14,21H,8-9,11-12H2,1-2H3,(H,20,22)/t14-/m1/s1. The summed E-state index contributed by atoms with van der Waals surface area (Å²) in [6, 6.07) is 9.12. The van der Waals surface area contributed by atoms with Gasteiger partial charge in [-0.15, -0.1) is 0 Å². The second-order valence-electron chi connectivity index (χ2n) is 6.74. The fraction of sp³-hybridized carbons (Fsp3) is 0.421. The van der Waals surface area contributed by atoms with Crippen LogP contribution < -0.4 is 14.8 Å². The lowest BCUT2D eigenvalue weighted by molar-refractivity contribution is -0.123. The molecule has 1 aromatic carbocycles. The second-order valence-corrected chi connectivity index (χ2v) is 6.74. The number of ether oxygens (including phenoxy) is 2. The van der Waals surface area contributed by atoms with E-state index in [1.807, 2.05) is 26.0 Å². The zero-order valence-electron chi connectivity index (χ0n) is 14.5. The van der Waals surface area contributed by atoms with Gasteiger partial charge in [-0.25, -0.2) is 0 Å². The van der Waals surface area contributed by atoms with E-state index in [1.54, 1.807) is 18.2 Å². The average molecular weight is 345 g/mol. The van der Waals surface area contributed by atoms with Crippen LogP contribution in [-0.2, 0) is 11.2 Å². The lowest BCUT2D eigenvalue weighted by Crippen LogP contribution is -2.30. The molecule has 2 heterocycles. The number of rotatable bonds is 7. The van der Waals surface area contributed by atoms with E-state index < -0.39 is 6.10 Å². The van der Waals surface area contributed by atoms with E-state index in [2.05, 4.69) is 5.32 Å². The molecule has 1 aromatic heterocycles. The van der Waals surface area contributed by atoms with E-state index in [-0.39, 0.29) is 18.1 Å². The summed E-state index contributed by atoms with van der Waals surface area (Å²) in [6.45, 7) is 4.28. The van der Waals surface area contributed by atoms with Crippen LogP contribution in [0.4, 0.5) is 0 Å². The van der Waals surface area contributed by atoms with Crippen LogP contribution in [0.2, 0.25) is 0 Å². The summed E-state index contributed by atoms with van der Waals surface area (Å²) in [4.78, 5) is 11.9. The minimum Gasteiger partial charge on any atom is -0.483 e. The average Bonchev–Trinajstić information content (AvgIpc) is 3.18. The van der Waals surface area contributed by atoms with Crippen molar-refractivity contribution in [1.29, 1.82) is 0 Å². The number of amides is 1. The summed E-state index contributed by atoms with van der Waals surface area (Å²) in [6.07, 6.45) is 1.96. The number of furan rings is 1. The molecule has 0 unspecified atom stereocenters. The van der Waals surface area contributed by atoms with Crippen LogP contribution in [-0.4, -0.2) is 29.8 Å². The third-order valence-corrected chi connectivity index (χ3v) is 4.03. The molecule has 1 amide bonds. The molecule has 0 spiro atoms. The zero-order chi connectivity index (χ0) is 17.9. The molecule has 1 atom stereocenters. The Kier molecular flexibility index (Phi) is 4.99. The van der Waals surface area contributed by atoms with Crippen LogP contribution in [0.15, 0.2) is 41.0 Å². The largest absolute Gasteiger partial charge is 0.483 e. The molecule has 0 aliphatic carbocycles. The number of aliphatic hydroxyl groups is 1. The van der Waals surface area contributed by atoms with Gasteiger partial charge in [0.1, 0.15) is 17.5 Å². The van der Waals surface area contributed by atoms with Crippen LogP contribution >= 0.6 is 0 Å². The van der Waals surface area contributed by atoms with Gasteiger partial charge < -0.3 is 24.3 Å². The van der Waals surface area contributed by atoms with Crippen molar-refractivity contribution in [3.05, 3.63) is 47.9 Å². The number of para-hydroxylation sites is 1. The minimum absolute atomic E-state index is 0.100. The second kappa shape index (κ2) is 7.19. The molecule has 134 valence electrons. The summed E-state index contributed by atoms with van der Waals surface area (Å²) in [5.41, 5.74) is 0.830. The van der Waals surface area contributed by atoms with Crippen LogP contribution in [0, 0.1) is 0 Å². The Bertz CT molecular complexity index is 723. The topological polar surface area (TPSA) is 80.9 Å². The molecule has 1 aliphatic heterocycles. The van der Waals surface area contributed by atoms with Gasteiger partial charge in [0.15, 0.2) is 18.1 Å². The number of benzene rings is 1. The monoisotopic (exact) mass is 345 g/mol. The van der Waals surface area contributed by atoms with Crippen LogP contribution in [0.25, 0.3) is 0 Å². The molecule has 0 fully saturated rings. The Hall–Kier alpha value is -2.47. The van der Waals surface area contributed by atoms with E-state index in [4.69, 9.17) is 13.9 Å². The summed E-state index contributed by atoms with van der Waals surface area (Å²) < 4.78 is 16.6. The van der Waals surface area contributed by atoms with Crippen LogP contribution in [0.1, 0.15) is 37.7 Å². The molecule has 6 nitrogen and oxygen atoms in total. The molecule has 1 aliphatic rings. The number of aliphatic hydroxyl groups excluding tert-OH is 1. The lowest BCUT2D eigenvalue weighted by atomic mass is 10.0. The number of hydrogen-bond donors (Lipinski definition) is 2. The maximum atomic E-state index is 11.9. The Morgan fingerprint density at radius 1 is 1.36 bits per heavy atom. The van der Waals surface area contributed by atoms with Gasteiger partial charge in [0.2, 0.25) is 0 Å². The van der Waals surface area contributed by atoms with E-state index in [1.165, 1.54) is 6.26 Å². The number of carbonyl (C=O) groups excluding carboxylic acids is 1. The van der Waals surface area contributed by atoms with Crippen molar-refractivity contribution in [3.8, 4) is 11.5 Å². The van der Waals surface area contributed by atoms with Crippen molar-refractivity contribution in [2.45, 2.75) is 38.4 Å². The van der Waals surface area contributed by atoms with Crippen molar-refractivity contribution in [2.75, 3.05) is 13.2 Å². The van der Waals surface area contributed by atoms with Gasteiger partial charge in [-0.1, -0.05) is 12.1 Å². The number of fused-ring (bicyclic) bond motifs is 1. The Morgan fingerprint density at radius 2 is 2.20 bits per heavy atom. The predicted octanol–water partition coefficient (Wildman–Crippen LogP) is 2.61. The maximum Gasteiger partial charge on any atom is 0.257 e.